The average molecular weight is 256 g/mol. The average Bonchev–Trinajstić information content (AvgIpc) is 2.26. The minimum absolute atomic E-state index is 0.0769. The fraction of sp³-hybridized carbons (Fsp3) is 0.786. The number of hydrogen-bond acceptors (Lipinski definition) is 2. The molecule has 4 heteroatoms. The third-order valence-corrected chi connectivity index (χ3v) is 5.08. The van der Waals surface area contributed by atoms with Gasteiger partial charge in [-0.1, -0.05) is 0 Å². The van der Waals surface area contributed by atoms with Crippen LogP contribution in [0.15, 0.2) is 11.8 Å². The molecule has 0 aliphatic heterocycles. The van der Waals surface area contributed by atoms with Gasteiger partial charge in [-0.05, 0) is 56.3 Å². The van der Waals surface area contributed by atoms with Crippen LogP contribution >= 0.6 is 0 Å². The van der Waals surface area contributed by atoms with Gasteiger partial charge >= 0.3 is 0 Å². The molecule has 4 fully saturated rings. The molecule has 0 aromatic carbocycles. The molecule has 4 rings (SSSR count). The number of allylic oxidation sites excluding steroid dienone is 2. The summed E-state index contributed by atoms with van der Waals surface area (Å²) in [5.74, 6) is 0.519. The van der Waals surface area contributed by atoms with Crippen molar-refractivity contribution < 1.29 is 18.7 Å². The third kappa shape index (κ3) is 1.86. The number of halogens is 2. The summed E-state index contributed by atoms with van der Waals surface area (Å²) in [5.41, 5.74) is -0.362. The van der Waals surface area contributed by atoms with Crippen LogP contribution in [0.5, 0.6) is 0 Å². The van der Waals surface area contributed by atoms with Crippen molar-refractivity contribution in [2.45, 2.75) is 45.0 Å². The highest BCUT2D eigenvalue weighted by Gasteiger charge is 2.53. The van der Waals surface area contributed by atoms with Gasteiger partial charge in [-0.25, -0.2) is 8.78 Å². The second-order valence-electron chi connectivity index (χ2n) is 6.43. The van der Waals surface area contributed by atoms with Crippen molar-refractivity contribution in [3.05, 3.63) is 11.8 Å². The van der Waals surface area contributed by atoms with E-state index >= 15 is 0 Å². The van der Waals surface area contributed by atoms with Crippen LogP contribution in [0.2, 0.25) is 0 Å². The smallest absolute Gasteiger partial charge is 0.300 e. The number of aliphatic hydroxyl groups is 1. The van der Waals surface area contributed by atoms with Crippen molar-refractivity contribution in [3.8, 4) is 0 Å². The summed E-state index contributed by atoms with van der Waals surface area (Å²) < 4.78 is 24.5. The second-order valence-corrected chi connectivity index (χ2v) is 6.43. The SMILES string of the molecule is O=C(/C=C(\O)C12CC3CC(CC(C3)C1)C2)C(F)F. The quantitative estimate of drug-likeness (QED) is 0.620. The fourth-order valence-corrected chi connectivity index (χ4v) is 4.78. The van der Waals surface area contributed by atoms with Gasteiger partial charge in [0.15, 0.2) is 0 Å². The summed E-state index contributed by atoms with van der Waals surface area (Å²) >= 11 is 0. The zero-order valence-corrected chi connectivity index (χ0v) is 10.2. The van der Waals surface area contributed by atoms with Crippen LogP contribution in [0, 0.1) is 23.2 Å². The van der Waals surface area contributed by atoms with Gasteiger partial charge in [-0.2, -0.15) is 0 Å². The number of alkyl halides is 2. The van der Waals surface area contributed by atoms with Crippen LogP contribution in [-0.2, 0) is 4.79 Å². The lowest BCUT2D eigenvalue weighted by molar-refractivity contribution is -0.125. The van der Waals surface area contributed by atoms with Crippen LogP contribution in [0.4, 0.5) is 8.78 Å². The summed E-state index contributed by atoms with van der Waals surface area (Å²) in [4.78, 5) is 11.1. The lowest BCUT2D eigenvalue weighted by Gasteiger charge is -2.56. The van der Waals surface area contributed by atoms with Gasteiger partial charge in [-0.15, -0.1) is 0 Å². The molecule has 18 heavy (non-hydrogen) atoms. The van der Waals surface area contributed by atoms with Crippen molar-refractivity contribution in [3.63, 3.8) is 0 Å². The van der Waals surface area contributed by atoms with E-state index in [1.807, 2.05) is 0 Å². The molecule has 0 spiro atoms. The maximum atomic E-state index is 12.3. The lowest BCUT2D eigenvalue weighted by atomic mass is 9.49. The highest BCUT2D eigenvalue weighted by molar-refractivity contribution is 5.92. The summed E-state index contributed by atoms with van der Waals surface area (Å²) in [7, 11) is 0. The fourth-order valence-electron chi connectivity index (χ4n) is 4.78. The van der Waals surface area contributed by atoms with Crippen LogP contribution in [0.25, 0.3) is 0 Å². The zero-order valence-electron chi connectivity index (χ0n) is 10.2. The molecule has 4 aliphatic carbocycles. The van der Waals surface area contributed by atoms with Crippen LogP contribution in [0.1, 0.15) is 38.5 Å². The van der Waals surface area contributed by atoms with E-state index in [-0.39, 0.29) is 11.2 Å². The molecule has 0 radical (unpaired) electrons. The van der Waals surface area contributed by atoms with Gasteiger partial charge in [-0.3, -0.25) is 4.79 Å². The topological polar surface area (TPSA) is 37.3 Å². The van der Waals surface area contributed by atoms with Crippen LogP contribution < -0.4 is 0 Å². The zero-order chi connectivity index (χ0) is 12.9. The second kappa shape index (κ2) is 4.04. The Labute approximate surface area is 105 Å². The van der Waals surface area contributed by atoms with E-state index in [0.29, 0.717) is 17.8 Å². The van der Waals surface area contributed by atoms with Crippen molar-refractivity contribution in [2.75, 3.05) is 0 Å². The summed E-state index contributed by atoms with van der Waals surface area (Å²) in [6, 6.07) is 0. The Balaban J connectivity index is 1.85. The van der Waals surface area contributed by atoms with Crippen molar-refractivity contribution in [1.29, 1.82) is 0 Å². The van der Waals surface area contributed by atoms with Crippen molar-refractivity contribution >= 4 is 5.78 Å². The predicted molar refractivity (Wildman–Crippen MR) is 62.3 cm³/mol. The van der Waals surface area contributed by atoms with E-state index < -0.39 is 12.2 Å². The number of carbonyl (C=O) groups excluding carboxylic acids is 1. The monoisotopic (exact) mass is 256 g/mol. The van der Waals surface area contributed by atoms with E-state index in [0.717, 1.165) is 25.3 Å². The Hall–Kier alpha value is -0.930. The first kappa shape index (κ1) is 12.1. The van der Waals surface area contributed by atoms with Gasteiger partial charge in [0.1, 0.15) is 5.76 Å². The predicted octanol–water partition coefficient (Wildman–Crippen LogP) is 3.48. The molecule has 0 aromatic heterocycles. The molecule has 4 aliphatic rings. The first-order chi connectivity index (χ1) is 8.48. The minimum atomic E-state index is -3.01. The molecule has 1 N–H and O–H groups in total. The molecule has 0 aromatic rings. The maximum Gasteiger partial charge on any atom is 0.300 e. The molecule has 100 valence electrons. The van der Waals surface area contributed by atoms with E-state index in [1.54, 1.807) is 0 Å². The molecule has 4 bridgehead atoms. The first-order valence-corrected chi connectivity index (χ1v) is 6.72. The maximum absolute atomic E-state index is 12.3. The molecular weight excluding hydrogens is 238 g/mol. The Bertz CT molecular complexity index is 365. The van der Waals surface area contributed by atoms with E-state index in [1.165, 1.54) is 19.3 Å². The number of rotatable bonds is 3. The number of aliphatic hydroxyl groups excluding tert-OH is 1. The molecule has 0 unspecified atom stereocenters. The van der Waals surface area contributed by atoms with E-state index in [9.17, 15) is 18.7 Å². The lowest BCUT2D eigenvalue weighted by Crippen LogP contribution is -2.47. The molecule has 0 amide bonds. The molecule has 4 saturated carbocycles. The van der Waals surface area contributed by atoms with E-state index in [4.69, 9.17) is 0 Å². The molecule has 2 nitrogen and oxygen atoms in total. The standard InChI is InChI=1S/C14H18F2O2/c15-13(16)11(17)4-12(18)14-5-8-1-9(6-14)3-10(2-8)7-14/h4,8-10,13,18H,1-3,5-7H2/b12-4-. The van der Waals surface area contributed by atoms with Gasteiger partial charge in [0.25, 0.3) is 6.43 Å². The number of ketones is 1. The Morgan fingerprint density at radius 2 is 1.56 bits per heavy atom. The van der Waals surface area contributed by atoms with E-state index in [2.05, 4.69) is 0 Å². The highest BCUT2D eigenvalue weighted by Crippen LogP contribution is 2.62. The van der Waals surface area contributed by atoms with Gasteiger partial charge in [0.05, 0.1) is 0 Å². The number of hydrogen-bond donors (Lipinski definition) is 1. The molecule has 0 heterocycles. The first-order valence-electron chi connectivity index (χ1n) is 6.72. The molecule has 0 atom stereocenters. The van der Waals surface area contributed by atoms with Gasteiger partial charge in [0.2, 0.25) is 5.78 Å². The van der Waals surface area contributed by atoms with Gasteiger partial charge < -0.3 is 5.11 Å². The Morgan fingerprint density at radius 3 is 1.94 bits per heavy atom. The Morgan fingerprint density at radius 1 is 1.11 bits per heavy atom. The summed E-state index contributed by atoms with van der Waals surface area (Å²) in [6.07, 6.45) is 4.05. The van der Waals surface area contributed by atoms with Crippen LogP contribution in [-0.4, -0.2) is 17.3 Å². The Kier molecular flexibility index (Phi) is 2.72. The largest absolute Gasteiger partial charge is 0.512 e. The third-order valence-electron chi connectivity index (χ3n) is 5.08. The molecule has 0 saturated heterocycles. The minimum Gasteiger partial charge on any atom is -0.512 e. The van der Waals surface area contributed by atoms with Gasteiger partial charge in [0, 0.05) is 11.5 Å². The summed E-state index contributed by atoms with van der Waals surface area (Å²) in [5, 5.41) is 10.1. The van der Waals surface area contributed by atoms with Crippen molar-refractivity contribution in [1.82, 2.24) is 0 Å². The summed E-state index contributed by atoms with van der Waals surface area (Å²) in [6.45, 7) is 0. The highest BCUT2D eigenvalue weighted by atomic mass is 19.3. The normalized spacial score (nSPS) is 42.6. The molecular formula is C14H18F2O2. The van der Waals surface area contributed by atoms with Crippen molar-refractivity contribution in [2.24, 2.45) is 23.2 Å². The van der Waals surface area contributed by atoms with Crippen LogP contribution in [0.3, 0.4) is 0 Å². The number of carbonyl (C=O) groups is 1.